The van der Waals surface area contributed by atoms with Crippen molar-refractivity contribution in [3.63, 3.8) is 0 Å². The number of aliphatic hydroxyl groups is 1. The van der Waals surface area contributed by atoms with Crippen molar-refractivity contribution in [3.8, 4) is 0 Å². The molecule has 0 rings (SSSR count). The zero-order valence-corrected chi connectivity index (χ0v) is 7.30. The third kappa shape index (κ3) is 7.77. The molecule has 0 heterocycles. The van der Waals surface area contributed by atoms with Gasteiger partial charge in [-0.05, 0) is 12.8 Å². The van der Waals surface area contributed by atoms with Gasteiger partial charge in [0.25, 0.3) is 0 Å². The van der Waals surface area contributed by atoms with E-state index in [4.69, 9.17) is 5.11 Å². The topological polar surface area (TPSA) is 77.4 Å². The van der Waals surface area contributed by atoms with Crippen molar-refractivity contribution in [2.24, 2.45) is 0 Å². The van der Waals surface area contributed by atoms with E-state index >= 15 is 0 Å². The van der Waals surface area contributed by atoms with Gasteiger partial charge in [0.2, 0.25) is 0 Å². The second kappa shape index (κ2) is 4.69. The Morgan fingerprint density at radius 3 is 2.36 bits per heavy atom. The first-order chi connectivity index (χ1) is 4.95. The lowest BCUT2D eigenvalue weighted by molar-refractivity contribution is 0.159. The van der Waals surface area contributed by atoms with Crippen molar-refractivity contribution in [1.29, 1.82) is 0 Å². The van der Waals surface area contributed by atoms with Gasteiger partial charge in [-0.1, -0.05) is 13.3 Å². The second-order valence-electron chi connectivity index (χ2n) is 2.49. The average molecular weight is 181 g/mol. The molecule has 5 heteroatoms. The molecule has 1 unspecified atom stereocenters. The fourth-order valence-electron chi connectivity index (χ4n) is 0.758. The molecule has 0 aliphatic rings. The molecule has 1 N–H and O–H groups in total. The zero-order valence-electron chi connectivity index (χ0n) is 6.49. The van der Waals surface area contributed by atoms with Crippen LogP contribution in [0.4, 0.5) is 0 Å². The molecule has 4 nitrogen and oxygen atoms in total. The van der Waals surface area contributed by atoms with Crippen LogP contribution < -0.4 is 0 Å². The van der Waals surface area contributed by atoms with Crippen LogP contribution in [0.15, 0.2) is 0 Å². The molecule has 0 saturated carbocycles. The molecule has 0 aromatic rings. The van der Waals surface area contributed by atoms with Crippen molar-refractivity contribution in [2.75, 3.05) is 5.75 Å². The quantitative estimate of drug-likeness (QED) is 0.609. The predicted molar refractivity (Wildman–Crippen MR) is 40.1 cm³/mol. The largest absolute Gasteiger partial charge is 0.748 e. The van der Waals surface area contributed by atoms with Crippen molar-refractivity contribution in [3.05, 3.63) is 0 Å². The summed E-state index contributed by atoms with van der Waals surface area (Å²) in [7, 11) is -4.15. The fraction of sp³-hybridized carbons (Fsp3) is 1.00. The van der Waals surface area contributed by atoms with Gasteiger partial charge in [-0.25, -0.2) is 8.42 Å². The van der Waals surface area contributed by atoms with E-state index in [1.165, 1.54) is 0 Å². The normalized spacial score (nSPS) is 14.8. The van der Waals surface area contributed by atoms with E-state index in [2.05, 4.69) is 0 Å². The van der Waals surface area contributed by atoms with Crippen molar-refractivity contribution < 1.29 is 18.1 Å². The number of rotatable bonds is 5. The van der Waals surface area contributed by atoms with Crippen LogP contribution in [0.3, 0.4) is 0 Å². The SMILES string of the molecule is CCCC(O)CCS(=O)(=O)[O-]. The molecule has 0 radical (unpaired) electrons. The molecule has 0 aromatic heterocycles. The molecule has 0 spiro atoms. The summed E-state index contributed by atoms with van der Waals surface area (Å²) in [6.07, 6.45) is 0.749. The van der Waals surface area contributed by atoms with Gasteiger partial charge >= 0.3 is 0 Å². The second-order valence-corrected chi connectivity index (χ2v) is 4.02. The first kappa shape index (κ1) is 10.9. The third-order valence-electron chi connectivity index (χ3n) is 1.32. The standard InChI is InChI=1S/C6H14O4S/c1-2-3-6(7)4-5-11(8,9)10/h6-7H,2-5H2,1H3,(H,8,9,10)/p-1. The summed E-state index contributed by atoms with van der Waals surface area (Å²) in [5.74, 6) is -0.464. The van der Waals surface area contributed by atoms with E-state index in [1.54, 1.807) is 0 Å². The van der Waals surface area contributed by atoms with Gasteiger partial charge in [0.1, 0.15) is 0 Å². The van der Waals surface area contributed by atoms with E-state index in [-0.39, 0.29) is 6.42 Å². The summed E-state index contributed by atoms with van der Waals surface area (Å²) < 4.78 is 30.2. The maximum atomic E-state index is 10.1. The van der Waals surface area contributed by atoms with Gasteiger partial charge in [0.05, 0.1) is 16.2 Å². The smallest absolute Gasteiger partial charge is 0.0946 e. The van der Waals surface area contributed by atoms with E-state index < -0.39 is 22.0 Å². The van der Waals surface area contributed by atoms with E-state index in [0.717, 1.165) is 6.42 Å². The van der Waals surface area contributed by atoms with E-state index in [1.807, 2.05) is 6.92 Å². The minimum absolute atomic E-state index is 0.0552. The fourth-order valence-corrected chi connectivity index (χ4v) is 1.32. The van der Waals surface area contributed by atoms with Crippen LogP contribution in [0.25, 0.3) is 0 Å². The van der Waals surface area contributed by atoms with Crippen LogP contribution in [-0.2, 0) is 10.1 Å². The summed E-state index contributed by atoms with van der Waals surface area (Å²) in [4.78, 5) is 0. The van der Waals surface area contributed by atoms with Gasteiger partial charge in [-0.3, -0.25) is 0 Å². The molecule has 0 aromatic carbocycles. The highest BCUT2D eigenvalue weighted by Gasteiger charge is 2.04. The molecule has 0 amide bonds. The molecule has 1 atom stereocenters. The molecular formula is C6H13O4S-. The Labute approximate surface area is 67.0 Å². The van der Waals surface area contributed by atoms with Gasteiger partial charge in [0, 0.05) is 5.75 Å². The molecule has 0 fully saturated rings. The number of hydrogen-bond donors (Lipinski definition) is 1. The molecule has 0 bridgehead atoms. The lowest BCUT2D eigenvalue weighted by Gasteiger charge is -2.10. The first-order valence-corrected chi connectivity index (χ1v) is 5.15. The van der Waals surface area contributed by atoms with Gasteiger partial charge in [0.15, 0.2) is 0 Å². The summed E-state index contributed by atoms with van der Waals surface area (Å²) in [6, 6.07) is 0. The minimum Gasteiger partial charge on any atom is -0.748 e. The maximum Gasteiger partial charge on any atom is 0.0946 e. The molecule has 0 saturated heterocycles. The van der Waals surface area contributed by atoms with Crippen LogP contribution in [0.5, 0.6) is 0 Å². The summed E-state index contributed by atoms with van der Waals surface area (Å²) in [5.41, 5.74) is 0. The average Bonchev–Trinajstić information content (AvgIpc) is 1.83. The Morgan fingerprint density at radius 1 is 1.45 bits per heavy atom. The van der Waals surface area contributed by atoms with Crippen LogP contribution in [0.2, 0.25) is 0 Å². The molecule has 68 valence electrons. The minimum atomic E-state index is -4.15. The monoisotopic (exact) mass is 181 g/mol. The Hall–Kier alpha value is -0.130. The molecule has 11 heavy (non-hydrogen) atoms. The highest BCUT2D eigenvalue weighted by atomic mass is 32.2. The predicted octanol–water partition coefficient (Wildman–Crippen LogP) is 0.0827. The highest BCUT2D eigenvalue weighted by molar-refractivity contribution is 7.85. The summed E-state index contributed by atoms with van der Waals surface area (Å²) >= 11 is 0. The third-order valence-corrected chi connectivity index (χ3v) is 2.06. The molecule has 0 aliphatic heterocycles. The van der Waals surface area contributed by atoms with Crippen LogP contribution in [0.1, 0.15) is 26.2 Å². The van der Waals surface area contributed by atoms with Gasteiger partial charge in [-0.2, -0.15) is 0 Å². The van der Waals surface area contributed by atoms with Crippen LogP contribution >= 0.6 is 0 Å². The Bertz CT molecular complexity index is 185. The van der Waals surface area contributed by atoms with Crippen molar-refractivity contribution >= 4 is 10.1 Å². The summed E-state index contributed by atoms with van der Waals surface area (Å²) in [5, 5.41) is 9.01. The first-order valence-electron chi connectivity index (χ1n) is 3.57. The lowest BCUT2D eigenvalue weighted by Crippen LogP contribution is -2.13. The van der Waals surface area contributed by atoms with Gasteiger partial charge < -0.3 is 9.66 Å². The zero-order chi connectivity index (χ0) is 8.91. The Morgan fingerprint density at radius 2 is 2.00 bits per heavy atom. The van der Waals surface area contributed by atoms with E-state index in [0.29, 0.717) is 6.42 Å². The molecule has 0 aliphatic carbocycles. The van der Waals surface area contributed by atoms with Crippen LogP contribution in [-0.4, -0.2) is 29.9 Å². The Balaban J connectivity index is 3.54. The number of aliphatic hydroxyl groups excluding tert-OH is 1. The maximum absolute atomic E-state index is 10.1. The van der Waals surface area contributed by atoms with Crippen molar-refractivity contribution in [2.45, 2.75) is 32.3 Å². The molecular weight excluding hydrogens is 168 g/mol. The van der Waals surface area contributed by atoms with Crippen LogP contribution in [0, 0.1) is 0 Å². The number of hydrogen-bond acceptors (Lipinski definition) is 4. The Kier molecular flexibility index (Phi) is 4.63. The summed E-state index contributed by atoms with van der Waals surface area (Å²) in [6.45, 7) is 1.88. The lowest BCUT2D eigenvalue weighted by atomic mass is 10.2. The van der Waals surface area contributed by atoms with Crippen molar-refractivity contribution in [1.82, 2.24) is 0 Å². The van der Waals surface area contributed by atoms with Gasteiger partial charge in [-0.15, -0.1) is 0 Å². The van der Waals surface area contributed by atoms with E-state index in [9.17, 15) is 13.0 Å². The highest BCUT2D eigenvalue weighted by Crippen LogP contribution is 2.02.